The molecule has 1 aromatic carbocycles. The first-order valence-electron chi connectivity index (χ1n) is 7.01. The fraction of sp³-hybridized carbons (Fsp3) is 0.467. The van der Waals surface area contributed by atoms with Gasteiger partial charge in [0.2, 0.25) is 0 Å². The van der Waals surface area contributed by atoms with E-state index in [-0.39, 0.29) is 10.7 Å². The third kappa shape index (κ3) is 2.42. The Balaban J connectivity index is 1.73. The van der Waals surface area contributed by atoms with Crippen LogP contribution in [-0.4, -0.2) is 33.7 Å². The third-order valence-corrected chi connectivity index (χ3v) is 5.62. The van der Waals surface area contributed by atoms with Crippen molar-refractivity contribution in [3.8, 4) is 0 Å². The number of H-pyrrole nitrogens is 1. The van der Waals surface area contributed by atoms with Crippen LogP contribution in [0.2, 0.25) is 0 Å². The second-order valence-electron chi connectivity index (χ2n) is 5.39. The summed E-state index contributed by atoms with van der Waals surface area (Å²) >= 11 is 1.88. The summed E-state index contributed by atoms with van der Waals surface area (Å²) in [6.07, 6.45) is 7.05. The second kappa shape index (κ2) is 5.48. The second-order valence-corrected chi connectivity index (χ2v) is 6.67. The number of nitrogens with zero attached hydrogens (tertiary/aromatic N) is 1. The minimum absolute atomic E-state index is 0.0808. The average molecular weight is 289 g/mol. The van der Waals surface area contributed by atoms with Crippen LogP contribution in [0.4, 0.5) is 0 Å². The molecule has 20 heavy (non-hydrogen) atoms. The monoisotopic (exact) mass is 289 g/mol. The van der Waals surface area contributed by atoms with Crippen molar-refractivity contribution in [1.29, 1.82) is 0 Å². The standard InChI is InChI=1S/C15H19N3OS/c1-20-15(8-4-5-9-15)10-16-14(19)13-11-6-2-3-7-12(11)17-18-13/h2-3,6-7H,4-5,8-10H2,1H3,(H,16,19)(H,17,18). The average Bonchev–Trinajstić information content (AvgIpc) is 3.12. The van der Waals surface area contributed by atoms with Crippen LogP contribution in [0.1, 0.15) is 36.2 Å². The zero-order chi connectivity index (χ0) is 14.0. The van der Waals surface area contributed by atoms with Crippen molar-refractivity contribution in [1.82, 2.24) is 15.5 Å². The molecule has 5 heteroatoms. The Morgan fingerprint density at radius 3 is 2.90 bits per heavy atom. The molecule has 0 aliphatic heterocycles. The van der Waals surface area contributed by atoms with Crippen LogP contribution in [-0.2, 0) is 0 Å². The van der Waals surface area contributed by atoms with Gasteiger partial charge < -0.3 is 5.32 Å². The third-order valence-electron chi connectivity index (χ3n) is 4.20. The van der Waals surface area contributed by atoms with Gasteiger partial charge in [-0.05, 0) is 25.2 Å². The number of amides is 1. The Labute approximate surface area is 122 Å². The molecule has 3 rings (SSSR count). The van der Waals surface area contributed by atoms with Gasteiger partial charge in [-0.3, -0.25) is 9.89 Å². The summed E-state index contributed by atoms with van der Waals surface area (Å²) in [6, 6.07) is 7.71. The van der Waals surface area contributed by atoms with Crippen LogP contribution < -0.4 is 5.32 Å². The molecule has 1 saturated carbocycles. The van der Waals surface area contributed by atoms with Crippen LogP contribution in [0.25, 0.3) is 10.9 Å². The molecule has 1 amide bonds. The lowest BCUT2D eigenvalue weighted by Crippen LogP contribution is -2.38. The van der Waals surface area contributed by atoms with Crippen LogP contribution in [0.5, 0.6) is 0 Å². The van der Waals surface area contributed by atoms with Crippen molar-refractivity contribution in [3.05, 3.63) is 30.0 Å². The van der Waals surface area contributed by atoms with Crippen LogP contribution in [0, 0.1) is 0 Å². The van der Waals surface area contributed by atoms with Gasteiger partial charge in [-0.25, -0.2) is 0 Å². The van der Waals surface area contributed by atoms with Crippen LogP contribution in [0.15, 0.2) is 24.3 Å². The van der Waals surface area contributed by atoms with E-state index in [0.29, 0.717) is 5.69 Å². The minimum atomic E-state index is -0.0808. The van der Waals surface area contributed by atoms with Crippen molar-refractivity contribution >= 4 is 28.6 Å². The van der Waals surface area contributed by atoms with E-state index >= 15 is 0 Å². The highest BCUT2D eigenvalue weighted by molar-refractivity contribution is 8.00. The summed E-state index contributed by atoms with van der Waals surface area (Å²) < 4.78 is 0.224. The summed E-state index contributed by atoms with van der Waals surface area (Å²) in [4.78, 5) is 12.3. The molecule has 1 aliphatic carbocycles. The Bertz CT molecular complexity index is 616. The molecule has 0 radical (unpaired) electrons. The smallest absolute Gasteiger partial charge is 0.272 e. The highest BCUT2D eigenvalue weighted by Gasteiger charge is 2.33. The Morgan fingerprint density at radius 2 is 2.15 bits per heavy atom. The quantitative estimate of drug-likeness (QED) is 0.909. The summed E-state index contributed by atoms with van der Waals surface area (Å²) in [7, 11) is 0. The number of thioether (sulfide) groups is 1. The zero-order valence-electron chi connectivity index (χ0n) is 11.6. The highest BCUT2D eigenvalue weighted by Crippen LogP contribution is 2.39. The first-order chi connectivity index (χ1) is 9.74. The molecule has 0 unspecified atom stereocenters. The maximum atomic E-state index is 12.3. The van der Waals surface area contributed by atoms with Gasteiger partial charge >= 0.3 is 0 Å². The number of fused-ring (bicyclic) bond motifs is 1. The number of hydrogen-bond donors (Lipinski definition) is 2. The molecule has 2 aromatic rings. The SMILES string of the molecule is CSC1(CNC(=O)c2n[nH]c3ccccc23)CCCC1. The summed E-state index contributed by atoms with van der Waals surface area (Å²) in [5.74, 6) is -0.0808. The summed E-state index contributed by atoms with van der Waals surface area (Å²) in [5, 5.41) is 11.0. The van der Waals surface area contributed by atoms with E-state index in [2.05, 4.69) is 21.8 Å². The van der Waals surface area contributed by atoms with Gasteiger partial charge in [0.1, 0.15) is 0 Å². The van der Waals surface area contributed by atoms with Crippen molar-refractivity contribution in [2.45, 2.75) is 30.4 Å². The van der Waals surface area contributed by atoms with Crippen molar-refractivity contribution in [2.75, 3.05) is 12.8 Å². The molecular formula is C15H19N3OS. The number of benzene rings is 1. The van der Waals surface area contributed by atoms with Gasteiger partial charge in [0.25, 0.3) is 5.91 Å². The first-order valence-corrected chi connectivity index (χ1v) is 8.23. The lowest BCUT2D eigenvalue weighted by Gasteiger charge is -2.26. The van der Waals surface area contributed by atoms with E-state index < -0.39 is 0 Å². The number of carbonyl (C=O) groups is 1. The maximum absolute atomic E-state index is 12.3. The fourth-order valence-electron chi connectivity index (χ4n) is 2.93. The Hall–Kier alpha value is -1.49. The Morgan fingerprint density at radius 1 is 1.40 bits per heavy atom. The molecule has 2 N–H and O–H groups in total. The maximum Gasteiger partial charge on any atom is 0.272 e. The largest absolute Gasteiger partial charge is 0.349 e. The Kier molecular flexibility index (Phi) is 3.70. The topological polar surface area (TPSA) is 57.8 Å². The van der Waals surface area contributed by atoms with Gasteiger partial charge in [0, 0.05) is 16.7 Å². The van der Waals surface area contributed by atoms with Crippen LogP contribution in [0.3, 0.4) is 0 Å². The summed E-state index contributed by atoms with van der Waals surface area (Å²) in [5.41, 5.74) is 1.40. The number of aromatic nitrogens is 2. The number of hydrogen-bond acceptors (Lipinski definition) is 3. The highest BCUT2D eigenvalue weighted by atomic mass is 32.2. The number of aromatic amines is 1. The molecule has 1 fully saturated rings. The van der Waals surface area contributed by atoms with E-state index in [1.807, 2.05) is 36.0 Å². The molecule has 1 heterocycles. The van der Waals surface area contributed by atoms with Gasteiger partial charge in [0.15, 0.2) is 5.69 Å². The van der Waals surface area contributed by atoms with Gasteiger partial charge in [-0.15, -0.1) is 0 Å². The molecule has 4 nitrogen and oxygen atoms in total. The van der Waals surface area contributed by atoms with E-state index in [1.165, 1.54) is 25.7 Å². The molecule has 0 atom stereocenters. The van der Waals surface area contributed by atoms with Gasteiger partial charge in [-0.2, -0.15) is 16.9 Å². The van der Waals surface area contributed by atoms with Crippen LogP contribution >= 0.6 is 11.8 Å². The lowest BCUT2D eigenvalue weighted by atomic mass is 10.1. The number of nitrogens with one attached hydrogen (secondary N) is 2. The predicted molar refractivity (Wildman–Crippen MR) is 83.1 cm³/mol. The predicted octanol–water partition coefficient (Wildman–Crippen LogP) is 2.97. The molecule has 0 saturated heterocycles. The molecule has 1 aromatic heterocycles. The van der Waals surface area contributed by atoms with E-state index in [4.69, 9.17) is 0 Å². The van der Waals surface area contributed by atoms with E-state index in [1.54, 1.807) is 0 Å². The molecule has 1 aliphatic rings. The number of rotatable bonds is 4. The van der Waals surface area contributed by atoms with Crippen molar-refractivity contribution in [2.24, 2.45) is 0 Å². The normalized spacial score (nSPS) is 17.4. The van der Waals surface area contributed by atoms with E-state index in [0.717, 1.165) is 17.4 Å². The lowest BCUT2D eigenvalue weighted by molar-refractivity contribution is 0.0946. The first kappa shape index (κ1) is 13.5. The molecule has 0 bridgehead atoms. The number of carbonyl (C=O) groups excluding carboxylic acids is 1. The van der Waals surface area contributed by atoms with Crippen molar-refractivity contribution in [3.63, 3.8) is 0 Å². The van der Waals surface area contributed by atoms with Crippen molar-refractivity contribution < 1.29 is 4.79 Å². The van der Waals surface area contributed by atoms with E-state index in [9.17, 15) is 4.79 Å². The fourth-order valence-corrected chi connectivity index (χ4v) is 3.85. The molecular weight excluding hydrogens is 270 g/mol. The number of para-hydroxylation sites is 1. The molecule has 0 spiro atoms. The summed E-state index contributed by atoms with van der Waals surface area (Å²) in [6.45, 7) is 0.730. The molecule has 106 valence electrons. The van der Waals surface area contributed by atoms with Gasteiger partial charge in [-0.1, -0.05) is 31.0 Å². The van der Waals surface area contributed by atoms with Gasteiger partial charge in [0.05, 0.1) is 5.52 Å². The minimum Gasteiger partial charge on any atom is -0.349 e. The zero-order valence-corrected chi connectivity index (χ0v) is 12.4.